The average molecular weight is 369 g/mol. The molecule has 0 unspecified atom stereocenters. The first-order valence-corrected chi connectivity index (χ1v) is 9.25. The lowest BCUT2D eigenvalue weighted by molar-refractivity contribution is -0.121. The number of nitrogens with one attached hydrogen (secondary N) is 2. The van der Waals surface area contributed by atoms with Crippen LogP contribution in [0.2, 0.25) is 0 Å². The predicted octanol–water partition coefficient (Wildman–Crippen LogP) is 0.716. The van der Waals surface area contributed by atoms with E-state index in [2.05, 4.69) is 20.4 Å². The third-order valence-corrected chi connectivity index (χ3v) is 4.96. The van der Waals surface area contributed by atoms with Crippen molar-refractivity contribution in [2.45, 2.75) is 13.0 Å². The SMILES string of the molecule is O=C(Cn1c2ccccc2c2cn[nH]c(=O)c21)NCCCN1CCOCC1. The highest BCUT2D eigenvalue weighted by Gasteiger charge is 2.16. The number of morpholine rings is 1. The molecular weight excluding hydrogens is 346 g/mol. The van der Waals surface area contributed by atoms with Crippen molar-refractivity contribution in [2.24, 2.45) is 0 Å². The van der Waals surface area contributed by atoms with E-state index in [1.165, 1.54) is 0 Å². The molecule has 8 nitrogen and oxygen atoms in total. The molecule has 3 heterocycles. The molecule has 0 bridgehead atoms. The molecule has 8 heteroatoms. The van der Waals surface area contributed by atoms with Gasteiger partial charge in [0.2, 0.25) is 5.91 Å². The third-order valence-electron chi connectivity index (χ3n) is 4.96. The number of fused-ring (bicyclic) bond motifs is 3. The zero-order valence-electron chi connectivity index (χ0n) is 15.1. The standard InChI is InChI=1S/C19H23N5O3/c25-17(20-6-3-7-23-8-10-27-11-9-23)13-24-16-5-2-1-4-14(16)15-12-21-22-19(26)18(15)24/h1-2,4-5,12H,3,6-11,13H2,(H,20,25)(H,22,26). The Kier molecular flexibility index (Phi) is 5.17. The van der Waals surface area contributed by atoms with Gasteiger partial charge in [-0.2, -0.15) is 5.10 Å². The van der Waals surface area contributed by atoms with Crippen molar-refractivity contribution >= 4 is 27.7 Å². The Balaban J connectivity index is 1.44. The lowest BCUT2D eigenvalue weighted by Crippen LogP contribution is -2.38. The molecule has 0 atom stereocenters. The van der Waals surface area contributed by atoms with Crippen LogP contribution in [0.5, 0.6) is 0 Å². The summed E-state index contributed by atoms with van der Waals surface area (Å²) in [5.74, 6) is -0.101. The van der Waals surface area contributed by atoms with Gasteiger partial charge in [-0.15, -0.1) is 0 Å². The Morgan fingerprint density at radius 2 is 2.04 bits per heavy atom. The van der Waals surface area contributed by atoms with Gasteiger partial charge in [0.1, 0.15) is 12.1 Å². The summed E-state index contributed by atoms with van der Waals surface area (Å²) in [7, 11) is 0. The van der Waals surface area contributed by atoms with Gasteiger partial charge < -0.3 is 14.6 Å². The van der Waals surface area contributed by atoms with Gasteiger partial charge in [0.25, 0.3) is 5.56 Å². The van der Waals surface area contributed by atoms with Crippen molar-refractivity contribution in [3.8, 4) is 0 Å². The first kappa shape index (κ1) is 17.7. The molecule has 2 aromatic heterocycles. The van der Waals surface area contributed by atoms with E-state index in [9.17, 15) is 9.59 Å². The van der Waals surface area contributed by atoms with Crippen LogP contribution >= 0.6 is 0 Å². The summed E-state index contributed by atoms with van der Waals surface area (Å²) in [6.45, 7) is 5.13. The van der Waals surface area contributed by atoms with Crippen LogP contribution in [0.3, 0.4) is 0 Å². The Morgan fingerprint density at radius 1 is 1.22 bits per heavy atom. The van der Waals surface area contributed by atoms with E-state index < -0.39 is 0 Å². The summed E-state index contributed by atoms with van der Waals surface area (Å²) in [4.78, 5) is 27.1. The largest absolute Gasteiger partial charge is 0.379 e. The van der Waals surface area contributed by atoms with E-state index in [1.807, 2.05) is 24.3 Å². The number of H-pyrrole nitrogens is 1. The van der Waals surface area contributed by atoms with Crippen molar-refractivity contribution in [2.75, 3.05) is 39.4 Å². The summed E-state index contributed by atoms with van der Waals surface area (Å²) in [5, 5.41) is 11.0. The molecule has 1 amide bonds. The number of nitrogens with zero attached hydrogens (tertiary/aromatic N) is 3. The Morgan fingerprint density at radius 3 is 2.89 bits per heavy atom. The summed E-state index contributed by atoms with van der Waals surface area (Å²) in [5.41, 5.74) is 1.05. The summed E-state index contributed by atoms with van der Waals surface area (Å²) >= 11 is 0. The molecule has 142 valence electrons. The van der Waals surface area contributed by atoms with Gasteiger partial charge in [0.15, 0.2) is 0 Å². The van der Waals surface area contributed by atoms with Crippen LogP contribution in [0.1, 0.15) is 6.42 Å². The number of aromatic nitrogens is 3. The van der Waals surface area contributed by atoms with Gasteiger partial charge in [-0.05, 0) is 19.0 Å². The highest BCUT2D eigenvalue weighted by molar-refractivity contribution is 6.07. The fourth-order valence-electron chi connectivity index (χ4n) is 3.63. The van der Waals surface area contributed by atoms with E-state index in [4.69, 9.17) is 4.74 Å². The number of carbonyl (C=O) groups is 1. The second kappa shape index (κ2) is 7.89. The maximum atomic E-state index is 12.5. The molecule has 1 saturated heterocycles. The van der Waals surface area contributed by atoms with Crippen molar-refractivity contribution < 1.29 is 9.53 Å². The number of rotatable bonds is 6. The van der Waals surface area contributed by atoms with Gasteiger partial charge in [0.05, 0.1) is 19.4 Å². The lowest BCUT2D eigenvalue weighted by Gasteiger charge is -2.26. The fourth-order valence-corrected chi connectivity index (χ4v) is 3.63. The van der Waals surface area contributed by atoms with Crippen LogP contribution in [0.25, 0.3) is 21.8 Å². The van der Waals surface area contributed by atoms with Gasteiger partial charge in [-0.1, -0.05) is 18.2 Å². The molecule has 0 saturated carbocycles. The van der Waals surface area contributed by atoms with Crippen molar-refractivity contribution in [3.05, 3.63) is 40.8 Å². The lowest BCUT2D eigenvalue weighted by atomic mass is 10.2. The number of benzene rings is 1. The molecule has 0 spiro atoms. The third kappa shape index (κ3) is 3.72. The normalized spacial score (nSPS) is 15.4. The topological polar surface area (TPSA) is 92.2 Å². The van der Waals surface area contributed by atoms with Crippen LogP contribution < -0.4 is 10.9 Å². The van der Waals surface area contributed by atoms with E-state index in [0.717, 1.165) is 55.6 Å². The monoisotopic (exact) mass is 369 g/mol. The Bertz CT molecular complexity index is 1000. The van der Waals surface area contributed by atoms with Crippen LogP contribution in [-0.4, -0.2) is 65.0 Å². The van der Waals surface area contributed by atoms with Crippen LogP contribution in [-0.2, 0) is 16.1 Å². The molecule has 2 N–H and O–H groups in total. The van der Waals surface area contributed by atoms with Gasteiger partial charge >= 0.3 is 0 Å². The number of carbonyl (C=O) groups excluding carboxylic acids is 1. The van der Waals surface area contributed by atoms with Gasteiger partial charge in [0, 0.05) is 35.9 Å². The Labute approximate surface area is 156 Å². The average Bonchev–Trinajstić information content (AvgIpc) is 3.01. The zero-order chi connectivity index (χ0) is 18.6. The molecule has 0 aliphatic carbocycles. The van der Waals surface area contributed by atoms with Crippen LogP contribution in [0.4, 0.5) is 0 Å². The zero-order valence-corrected chi connectivity index (χ0v) is 15.1. The maximum Gasteiger partial charge on any atom is 0.288 e. The summed E-state index contributed by atoms with van der Waals surface area (Å²) in [6.07, 6.45) is 2.53. The number of hydrogen-bond donors (Lipinski definition) is 2. The number of amides is 1. The molecule has 27 heavy (non-hydrogen) atoms. The fraction of sp³-hybridized carbons (Fsp3) is 0.421. The molecule has 1 aliphatic heterocycles. The number of aromatic amines is 1. The molecule has 1 aromatic carbocycles. The quantitative estimate of drug-likeness (QED) is 0.625. The number of hydrogen-bond acceptors (Lipinski definition) is 5. The van der Waals surface area contributed by atoms with E-state index in [0.29, 0.717) is 12.1 Å². The van der Waals surface area contributed by atoms with Crippen molar-refractivity contribution in [1.82, 2.24) is 25.0 Å². The minimum atomic E-state index is -0.288. The van der Waals surface area contributed by atoms with E-state index in [1.54, 1.807) is 10.8 Å². The first-order valence-electron chi connectivity index (χ1n) is 9.25. The molecule has 3 aromatic rings. The maximum absolute atomic E-state index is 12.5. The van der Waals surface area contributed by atoms with Crippen molar-refractivity contribution in [3.63, 3.8) is 0 Å². The molecule has 1 fully saturated rings. The number of para-hydroxylation sites is 1. The minimum Gasteiger partial charge on any atom is -0.379 e. The van der Waals surface area contributed by atoms with Crippen LogP contribution in [0.15, 0.2) is 35.3 Å². The summed E-state index contributed by atoms with van der Waals surface area (Å²) < 4.78 is 7.10. The first-order chi connectivity index (χ1) is 13.2. The Hall–Kier alpha value is -2.71. The van der Waals surface area contributed by atoms with Gasteiger partial charge in [-0.25, -0.2) is 5.10 Å². The minimum absolute atomic E-state index is 0.101. The molecule has 4 rings (SSSR count). The second-order valence-corrected chi connectivity index (χ2v) is 6.72. The smallest absolute Gasteiger partial charge is 0.288 e. The predicted molar refractivity (Wildman–Crippen MR) is 103 cm³/mol. The second-order valence-electron chi connectivity index (χ2n) is 6.72. The molecule has 1 aliphatic rings. The van der Waals surface area contributed by atoms with Crippen molar-refractivity contribution in [1.29, 1.82) is 0 Å². The molecular formula is C19H23N5O3. The highest BCUT2D eigenvalue weighted by Crippen LogP contribution is 2.25. The van der Waals surface area contributed by atoms with E-state index >= 15 is 0 Å². The molecule has 0 radical (unpaired) electrons. The van der Waals surface area contributed by atoms with Gasteiger partial charge in [-0.3, -0.25) is 14.5 Å². The number of ether oxygens (including phenoxy) is 1. The highest BCUT2D eigenvalue weighted by atomic mass is 16.5. The van der Waals surface area contributed by atoms with Crippen LogP contribution in [0, 0.1) is 0 Å². The van der Waals surface area contributed by atoms with E-state index in [-0.39, 0.29) is 18.0 Å². The summed E-state index contributed by atoms with van der Waals surface area (Å²) in [6, 6.07) is 7.68.